The first-order valence-electron chi connectivity index (χ1n) is 7.08. The summed E-state index contributed by atoms with van der Waals surface area (Å²) >= 11 is 10.4. The van der Waals surface area contributed by atoms with E-state index in [2.05, 4.69) is 42.0 Å². The number of ether oxygens (including phenoxy) is 1. The van der Waals surface area contributed by atoms with Crippen LogP contribution in [0.25, 0.3) is 0 Å². The van der Waals surface area contributed by atoms with Crippen molar-refractivity contribution >= 4 is 35.1 Å². The molecule has 0 radical (unpaired) electrons. The maximum Gasteiger partial charge on any atom is 0.125 e. The first-order valence-corrected chi connectivity index (χ1v) is 9.67. The summed E-state index contributed by atoms with van der Waals surface area (Å²) in [6.45, 7) is 0.793. The average Bonchev–Trinajstić information content (AvgIpc) is 2.93. The van der Waals surface area contributed by atoms with Gasteiger partial charge >= 0.3 is 0 Å². The molecule has 20 heavy (non-hydrogen) atoms. The molecule has 110 valence electrons. The number of fused-ring (bicyclic) bond motifs is 1. The van der Waals surface area contributed by atoms with Gasteiger partial charge in [-0.25, -0.2) is 0 Å². The first-order chi connectivity index (χ1) is 9.78. The van der Waals surface area contributed by atoms with Crippen LogP contribution in [0.4, 0.5) is 0 Å². The van der Waals surface area contributed by atoms with E-state index >= 15 is 0 Å². The fraction of sp³-hybridized carbons (Fsp3) is 0.600. The molecule has 0 aromatic heterocycles. The molecule has 2 nitrogen and oxygen atoms in total. The van der Waals surface area contributed by atoms with E-state index in [1.54, 1.807) is 0 Å². The number of benzene rings is 1. The Bertz CT molecular complexity index is 477. The topological polar surface area (TPSA) is 21.3 Å². The molecular weight excluding hydrogens is 310 g/mol. The number of thioether (sulfide) groups is 2. The quantitative estimate of drug-likeness (QED) is 0.915. The van der Waals surface area contributed by atoms with E-state index in [-0.39, 0.29) is 0 Å². The lowest BCUT2D eigenvalue weighted by Crippen LogP contribution is -2.40. The molecular formula is C15H20ClNOS2. The van der Waals surface area contributed by atoms with Crippen molar-refractivity contribution in [3.63, 3.8) is 0 Å². The van der Waals surface area contributed by atoms with E-state index in [1.807, 2.05) is 6.07 Å². The van der Waals surface area contributed by atoms with Crippen LogP contribution in [0, 0.1) is 0 Å². The summed E-state index contributed by atoms with van der Waals surface area (Å²) in [7, 11) is 2.07. The zero-order valence-electron chi connectivity index (χ0n) is 11.7. The lowest BCUT2D eigenvalue weighted by molar-refractivity contribution is 0.351. The van der Waals surface area contributed by atoms with Crippen molar-refractivity contribution in [2.75, 3.05) is 30.9 Å². The minimum atomic E-state index is 0.486. The van der Waals surface area contributed by atoms with Crippen LogP contribution < -0.4 is 10.1 Å². The summed E-state index contributed by atoms with van der Waals surface area (Å²) in [4.78, 5) is 0. The van der Waals surface area contributed by atoms with E-state index in [0.29, 0.717) is 11.3 Å². The van der Waals surface area contributed by atoms with Crippen molar-refractivity contribution in [3.8, 4) is 5.75 Å². The van der Waals surface area contributed by atoms with Gasteiger partial charge in [0.2, 0.25) is 0 Å². The molecule has 0 amide bonds. The minimum Gasteiger partial charge on any atom is -0.493 e. The van der Waals surface area contributed by atoms with Crippen LogP contribution in [-0.2, 0) is 12.8 Å². The van der Waals surface area contributed by atoms with Crippen LogP contribution in [0.5, 0.6) is 5.75 Å². The molecule has 1 aromatic rings. The molecule has 1 N–H and O–H groups in total. The SMILES string of the molecule is CNC(Cc1cc(Cl)cc2c1OCC2)C1CSCCS1. The highest BCUT2D eigenvalue weighted by Gasteiger charge is 2.26. The zero-order chi connectivity index (χ0) is 13.9. The van der Waals surface area contributed by atoms with Gasteiger partial charge in [-0.1, -0.05) is 11.6 Å². The Kier molecular flexibility index (Phi) is 5.08. The molecule has 1 aromatic carbocycles. The van der Waals surface area contributed by atoms with E-state index in [9.17, 15) is 0 Å². The molecule has 3 rings (SSSR count). The van der Waals surface area contributed by atoms with Crippen LogP contribution in [0.2, 0.25) is 5.02 Å². The van der Waals surface area contributed by atoms with Gasteiger partial charge in [-0.05, 0) is 36.7 Å². The Labute approximate surface area is 134 Å². The lowest BCUT2D eigenvalue weighted by atomic mass is 10.00. The second kappa shape index (κ2) is 6.82. The highest BCUT2D eigenvalue weighted by atomic mass is 35.5. The van der Waals surface area contributed by atoms with Crippen molar-refractivity contribution in [1.29, 1.82) is 0 Å². The molecule has 5 heteroatoms. The summed E-state index contributed by atoms with van der Waals surface area (Å²) < 4.78 is 5.82. The monoisotopic (exact) mass is 329 g/mol. The number of hydrogen-bond donors (Lipinski definition) is 1. The van der Waals surface area contributed by atoms with Gasteiger partial charge in [-0.3, -0.25) is 0 Å². The lowest BCUT2D eigenvalue weighted by Gasteiger charge is -2.29. The van der Waals surface area contributed by atoms with Crippen LogP contribution >= 0.6 is 35.1 Å². The first kappa shape index (κ1) is 14.9. The van der Waals surface area contributed by atoms with Gasteiger partial charge in [0.25, 0.3) is 0 Å². The van der Waals surface area contributed by atoms with Gasteiger partial charge in [0, 0.05) is 40.0 Å². The fourth-order valence-electron chi connectivity index (χ4n) is 2.89. The van der Waals surface area contributed by atoms with Gasteiger partial charge in [-0.2, -0.15) is 23.5 Å². The number of halogens is 1. The molecule has 2 heterocycles. The van der Waals surface area contributed by atoms with Crippen LogP contribution in [0.1, 0.15) is 11.1 Å². The zero-order valence-corrected chi connectivity index (χ0v) is 14.0. The van der Waals surface area contributed by atoms with Gasteiger partial charge in [0.15, 0.2) is 0 Å². The second-order valence-electron chi connectivity index (χ2n) is 5.24. The molecule has 0 aliphatic carbocycles. The molecule has 2 aliphatic heterocycles. The van der Waals surface area contributed by atoms with Crippen LogP contribution in [0.15, 0.2) is 12.1 Å². The molecule has 2 atom stereocenters. The van der Waals surface area contributed by atoms with Crippen molar-refractivity contribution in [2.24, 2.45) is 0 Å². The average molecular weight is 330 g/mol. The standard InChI is InChI=1S/C15H20ClNOS2/c1-17-13(14-9-19-4-5-20-14)8-11-7-12(16)6-10-2-3-18-15(10)11/h6-7,13-14,17H,2-5,8-9H2,1H3. The molecule has 0 spiro atoms. The maximum atomic E-state index is 6.26. The number of rotatable bonds is 4. The normalized spacial score (nSPS) is 23.2. The Hall–Kier alpha value is -0.0300. The highest BCUT2D eigenvalue weighted by molar-refractivity contribution is 8.06. The fourth-order valence-corrected chi connectivity index (χ4v) is 6.08. The third kappa shape index (κ3) is 3.24. The Morgan fingerprint density at radius 3 is 3.10 bits per heavy atom. The highest BCUT2D eigenvalue weighted by Crippen LogP contribution is 2.35. The minimum absolute atomic E-state index is 0.486. The summed E-state index contributed by atoms with van der Waals surface area (Å²) in [5, 5.41) is 5.01. The van der Waals surface area contributed by atoms with Gasteiger partial charge in [0.05, 0.1) is 6.61 Å². The molecule has 1 saturated heterocycles. The molecule has 2 unspecified atom stereocenters. The van der Waals surface area contributed by atoms with Crippen molar-refractivity contribution in [1.82, 2.24) is 5.32 Å². The van der Waals surface area contributed by atoms with Crippen LogP contribution in [0.3, 0.4) is 0 Å². The van der Waals surface area contributed by atoms with Gasteiger partial charge in [0.1, 0.15) is 5.75 Å². The van der Waals surface area contributed by atoms with Crippen molar-refractivity contribution in [2.45, 2.75) is 24.1 Å². The van der Waals surface area contributed by atoms with E-state index in [1.165, 1.54) is 28.4 Å². The largest absolute Gasteiger partial charge is 0.493 e. The number of likely N-dealkylation sites (N-methyl/N-ethyl adjacent to an activating group) is 1. The summed E-state index contributed by atoms with van der Waals surface area (Å²) in [5.74, 6) is 4.87. The smallest absolute Gasteiger partial charge is 0.125 e. The van der Waals surface area contributed by atoms with Crippen molar-refractivity contribution < 1.29 is 4.74 Å². The van der Waals surface area contributed by atoms with Crippen molar-refractivity contribution in [3.05, 3.63) is 28.3 Å². The molecule has 2 aliphatic rings. The van der Waals surface area contributed by atoms with Gasteiger partial charge < -0.3 is 10.1 Å². The third-order valence-corrected chi connectivity index (χ3v) is 7.06. The van der Waals surface area contributed by atoms with Crippen LogP contribution in [-0.4, -0.2) is 42.2 Å². The summed E-state index contributed by atoms with van der Waals surface area (Å²) in [5.41, 5.74) is 2.54. The Morgan fingerprint density at radius 1 is 1.45 bits per heavy atom. The maximum absolute atomic E-state index is 6.26. The predicted octanol–water partition coefficient (Wildman–Crippen LogP) is 3.25. The van der Waals surface area contributed by atoms with E-state index in [0.717, 1.165) is 30.2 Å². The van der Waals surface area contributed by atoms with E-state index in [4.69, 9.17) is 16.3 Å². The van der Waals surface area contributed by atoms with E-state index < -0.39 is 0 Å². The van der Waals surface area contributed by atoms with Gasteiger partial charge in [-0.15, -0.1) is 0 Å². The Morgan fingerprint density at radius 2 is 2.35 bits per heavy atom. The number of nitrogens with one attached hydrogen (secondary N) is 1. The summed E-state index contributed by atoms with van der Waals surface area (Å²) in [6.07, 6.45) is 1.98. The molecule has 0 saturated carbocycles. The molecule has 0 bridgehead atoms. The third-order valence-electron chi connectivity index (χ3n) is 3.93. The summed E-state index contributed by atoms with van der Waals surface area (Å²) in [6, 6.07) is 4.61. The number of hydrogen-bond acceptors (Lipinski definition) is 4. The predicted molar refractivity (Wildman–Crippen MR) is 90.8 cm³/mol. The second-order valence-corrected chi connectivity index (χ2v) is 8.17. The molecule has 1 fully saturated rings. The Balaban J connectivity index is 1.78.